The largest absolute Gasteiger partial charge is 0.508 e. The first-order valence-corrected chi connectivity index (χ1v) is 9.00. The molecule has 2 nitrogen and oxygen atoms in total. The highest BCUT2D eigenvalue weighted by Crippen LogP contribution is 2.43. The molecule has 0 aliphatic carbocycles. The van der Waals surface area contributed by atoms with Crippen LogP contribution in [0.15, 0.2) is 78.9 Å². The number of aromatic hydroxyl groups is 1. The highest BCUT2D eigenvalue weighted by Gasteiger charge is 2.30. The van der Waals surface area contributed by atoms with Crippen molar-refractivity contribution in [2.45, 2.75) is 13.1 Å². The van der Waals surface area contributed by atoms with E-state index >= 15 is 0 Å². The first-order chi connectivity index (χ1) is 13.8. The zero-order chi connectivity index (χ0) is 20.6. The number of hydrogen-bond acceptors (Lipinski definition) is 2. The van der Waals surface area contributed by atoms with E-state index in [0.29, 0.717) is 11.1 Å². The summed E-state index contributed by atoms with van der Waals surface area (Å²) in [7, 11) is 0. The monoisotopic (exact) mass is 394 g/mol. The zero-order valence-corrected chi connectivity index (χ0v) is 15.5. The number of halogens is 3. The number of alkyl halides is 3. The standard InChI is InChI=1S/C24H17F3O2/c1-15-12-17-13-19(28)10-11-21(17)23(22(15)16-6-3-2-4-7-16)29-20-9-5-8-18(14-20)24(25,26)27/h2-14,28H,1H3. The normalized spacial score (nSPS) is 11.6. The average molecular weight is 394 g/mol. The summed E-state index contributed by atoms with van der Waals surface area (Å²) in [4.78, 5) is 0. The minimum atomic E-state index is -4.46. The first-order valence-electron chi connectivity index (χ1n) is 9.00. The van der Waals surface area contributed by atoms with Crippen LogP contribution >= 0.6 is 0 Å². The molecule has 0 amide bonds. The lowest BCUT2D eigenvalue weighted by molar-refractivity contribution is -0.137. The second-order valence-electron chi connectivity index (χ2n) is 6.80. The van der Waals surface area contributed by atoms with Crippen LogP contribution in [0.4, 0.5) is 13.2 Å². The lowest BCUT2D eigenvalue weighted by Gasteiger charge is -2.18. The van der Waals surface area contributed by atoms with Gasteiger partial charge in [0.15, 0.2) is 0 Å². The van der Waals surface area contributed by atoms with Gasteiger partial charge in [-0.2, -0.15) is 13.2 Å². The molecule has 146 valence electrons. The highest BCUT2D eigenvalue weighted by atomic mass is 19.4. The van der Waals surface area contributed by atoms with Crippen molar-refractivity contribution in [3.63, 3.8) is 0 Å². The number of ether oxygens (including phenoxy) is 1. The number of rotatable bonds is 3. The first kappa shape index (κ1) is 18.9. The SMILES string of the molecule is Cc1cc2cc(O)ccc2c(Oc2cccc(C(F)(F)F)c2)c1-c1ccccc1. The molecule has 4 aromatic rings. The maximum atomic E-state index is 13.1. The van der Waals surface area contributed by atoms with Gasteiger partial charge in [-0.15, -0.1) is 0 Å². The van der Waals surface area contributed by atoms with E-state index in [2.05, 4.69) is 0 Å². The van der Waals surface area contributed by atoms with E-state index in [4.69, 9.17) is 4.74 Å². The third-order valence-corrected chi connectivity index (χ3v) is 4.72. The van der Waals surface area contributed by atoms with Crippen LogP contribution in [-0.4, -0.2) is 5.11 Å². The van der Waals surface area contributed by atoms with Gasteiger partial charge in [-0.3, -0.25) is 0 Å². The third-order valence-electron chi connectivity index (χ3n) is 4.72. The van der Waals surface area contributed by atoms with Crippen molar-refractivity contribution in [1.82, 2.24) is 0 Å². The molecule has 0 spiro atoms. The summed E-state index contributed by atoms with van der Waals surface area (Å²) < 4.78 is 45.4. The van der Waals surface area contributed by atoms with Crippen LogP contribution in [0, 0.1) is 6.92 Å². The topological polar surface area (TPSA) is 29.5 Å². The molecule has 29 heavy (non-hydrogen) atoms. The minimum absolute atomic E-state index is 0.0944. The average Bonchev–Trinajstić information content (AvgIpc) is 2.68. The van der Waals surface area contributed by atoms with Crippen molar-refractivity contribution in [2.24, 2.45) is 0 Å². The van der Waals surface area contributed by atoms with Gasteiger partial charge in [0.2, 0.25) is 0 Å². The van der Waals surface area contributed by atoms with Gasteiger partial charge in [0.25, 0.3) is 0 Å². The van der Waals surface area contributed by atoms with Gasteiger partial charge >= 0.3 is 6.18 Å². The molecule has 0 aliphatic rings. The minimum Gasteiger partial charge on any atom is -0.508 e. The number of aryl methyl sites for hydroxylation is 1. The Morgan fingerprint density at radius 1 is 0.828 bits per heavy atom. The molecule has 4 rings (SSSR count). The maximum absolute atomic E-state index is 13.1. The predicted molar refractivity (Wildman–Crippen MR) is 107 cm³/mol. The number of hydrogen-bond donors (Lipinski definition) is 1. The molecule has 0 bridgehead atoms. The zero-order valence-electron chi connectivity index (χ0n) is 15.5. The van der Waals surface area contributed by atoms with Crippen molar-refractivity contribution in [3.05, 3.63) is 90.0 Å². The van der Waals surface area contributed by atoms with Crippen LogP contribution < -0.4 is 4.74 Å². The number of phenolic OH excluding ortho intramolecular Hbond substituents is 1. The predicted octanol–water partition coefficient (Wildman–Crippen LogP) is 7.33. The van der Waals surface area contributed by atoms with E-state index in [0.717, 1.165) is 34.2 Å². The Kier molecular flexibility index (Phi) is 4.66. The number of benzene rings is 4. The van der Waals surface area contributed by atoms with Gasteiger partial charge in [0.05, 0.1) is 5.56 Å². The molecule has 1 N–H and O–H groups in total. The van der Waals surface area contributed by atoms with E-state index in [9.17, 15) is 18.3 Å². The van der Waals surface area contributed by atoms with Gasteiger partial charge in [-0.25, -0.2) is 0 Å². The summed E-state index contributed by atoms with van der Waals surface area (Å²) in [6.45, 7) is 1.91. The molecule has 0 fully saturated rings. The van der Waals surface area contributed by atoms with Crippen LogP contribution in [0.25, 0.3) is 21.9 Å². The Morgan fingerprint density at radius 3 is 2.31 bits per heavy atom. The summed E-state index contributed by atoms with van der Waals surface area (Å²) in [5.74, 6) is 0.650. The molecule has 0 heterocycles. The Hall–Kier alpha value is -3.47. The fourth-order valence-corrected chi connectivity index (χ4v) is 3.42. The Bertz CT molecular complexity index is 1180. The van der Waals surface area contributed by atoms with Crippen molar-refractivity contribution < 1.29 is 23.0 Å². The van der Waals surface area contributed by atoms with Crippen molar-refractivity contribution >= 4 is 10.8 Å². The smallest absolute Gasteiger partial charge is 0.416 e. The number of fused-ring (bicyclic) bond motifs is 1. The van der Waals surface area contributed by atoms with Crippen molar-refractivity contribution in [1.29, 1.82) is 0 Å². The molecule has 0 radical (unpaired) electrons. The fraction of sp³-hybridized carbons (Fsp3) is 0.0833. The summed E-state index contributed by atoms with van der Waals surface area (Å²) in [6.07, 6.45) is -4.46. The second-order valence-corrected chi connectivity index (χ2v) is 6.80. The van der Waals surface area contributed by atoms with E-state index in [1.165, 1.54) is 18.2 Å². The number of phenols is 1. The van der Waals surface area contributed by atoms with Crippen LogP contribution in [0.3, 0.4) is 0 Å². The Balaban J connectivity index is 1.94. The molecule has 5 heteroatoms. The molecule has 0 saturated carbocycles. The van der Waals surface area contributed by atoms with Crippen LogP contribution in [0.2, 0.25) is 0 Å². The second kappa shape index (κ2) is 7.17. The molecule has 0 saturated heterocycles. The van der Waals surface area contributed by atoms with Gasteiger partial charge in [-0.1, -0.05) is 42.5 Å². The van der Waals surface area contributed by atoms with Gasteiger partial charge < -0.3 is 9.84 Å². The van der Waals surface area contributed by atoms with Gasteiger partial charge in [-0.05, 0) is 59.8 Å². The lowest BCUT2D eigenvalue weighted by atomic mass is 9.94. The summed E-state index contributed by atoms with van der Waals surface area (Å²) >= 11 is 0. The van der Waals surface area contributed by atoms with Gasteiger partial charge in [0.1, 0.15) is 17.2 Å². The van der Waals surface area contributed by atoms with Crippen LogP contribution in [0.5, 0.6) is 17.2 Å². The van der Waals surface area contributed by atoms with Crippen molar-refractivity contribution in [2.75, 3.05) is 0 Å². The molecular formula is C24H17F3O2. The molecule has 4 aromatic carbocycles. The molecule has 0 aliphatic heterocycles. The molecule has 0 aromatic heterocycles. The summed E-state index contributed by atoms with van der Waals surface area (Å²) in [5, 5.41) is 11.3. The quantitative estimate of drug-likeness (QED) is 0.394. The Morgan fingerprint density at radius 2 is 1.59 bits per heavy atom. The fourth-order valence-electron chi connectivity index (χ4n) is 3.42. The maximum Gasteiger partial charge on any atom is 0.416 e. The van der Waals surface area contributed by atoms with Crippen LogP contribution in [-0.2, 0) is 6.18 Å². The van der Waals surface area contributed by atoms with E-state index < -0.39 is 11.7 Å². The van der Waals surface area contributed by atoms with E-state index in [-0.39, 0.29) is 11.5 Å². The van der Waals surface area contributed by atoms with Gasteiger partial charge in [0, 0.05) is 10.9 Å². The summed E-state index contributed by atoms with van der Waals surface area (Å²) in [6, 6.07) is 21.1. The summed E-state index contributed by atoms with van der Waals surface area (Å²) in [5.41, 5.74) is 1.80. The van der Waals surface area contributed by atoms with E-state index in [1.54, 1.807) is 12.1 Å². The third kappa shape index (κ3) is 3.76. The van der Waals surface area contributed by atoms with Crippen LogP contribution in [0.1, 0.15) is 11.1 Å². The van der Waals surface area contributed by atoms with E-state index in [1.807, 2.05) is 43.3 Å². The molecule has 0 atom stereocenters. The van der Waals surface area contributed by atoms with Crippen molar-refractivity contribution in [3.8, 4) is 28.4 Å². The molecular weight excluding hydrogens is 377 g/mol. The lowest BCUT2D eigenvalue weighted by Crippen LogP contribution is -2.04. The molecule has 0 unspecified atom stereocenters. The Labute approximate surface area is 165 Å². The highest BCUT2D eigenvalue weighted by molar-refractivity contribution is 5.97.